The third-order valence-electron chi connectivity index (χ3n) is 6.09. The lowest BCUT2D eigenvalue weighted by atomic mass is 10.0. The quantitative estimate of drug-likeness (QED) is 0.157. The molecule has 180 valence electrons. The van der Waals surface area contributed by atoms with Crippen LogP contribution in [0, 0.1) is 13.8 Å². The van der Waals surface area contributed by atoms with Crippen molar-refractivity contribution in [2.45, 2.75) is 78.6 Å². The lowest BCUT2D eigenvalue weighted by Crippen LogP contribution is -2.20. The van der Waals surface area contributed by atoms with E-state index in [0.717, 1.165) is 30.4 Å². The SMILES string of the molecule is CCCCCCCCCCOC(=O)CCP(=O)(C(=O)c1c(C)cccc1C)c1ccccc1. The molecule has 2 aromatic carbocycles. The number of hydrogen-bond acceptors (Lipinski definition) is 4. The molecular formula is C28H39O4P. The zero-order valence-electron chi connectivity index (χ0n) is 20.5. The van der Waals surface area contributed by atoms with Crippen LogP contribution in [0.1, 0.15) is 86.2 Å². The van der Waals surface area contributed by atoms with E-state index in [9.17, 15) is 14.2 Å². The Bertz CT molecular complexity index is 916. The zero-order chi connectivity index (χ0) is 24.1. The van der Waals surface area contributed by atoms with Gasteiger partial charge in [0.25, 0.3) is 0 Å². The van der Waals surface area contributed by atoms with E-state index in [2.05, 4.69) is 6.92 Å². The molecular weight excluding hydrogens is 431 g/mol. The molecule has 0 aliphatic carbocycles. The number of hydrogen-bond donors (Lipinski definition) is 0. The molecule has 0 spiro atoms. The maximum Gasteiger partial charge on any atom is 0.306 e. The summed E-state index contributed by atoms with van der Waals surface area (Å²) in [6.07, 6.45) is 9.37. The van der Waals surface area contributed by atoms with E-state index in [1.165, 1.54) is 32.1 Å². The highest BCUT2D eigenvalue weighted by Crippen LogP contribution is 2.49. The van der Waals surface area contributed by atoms with Crippen molar-refractivity contribution < 1.29 is 18.9 Å². The van der Waals surface area contributed by atoms with Gasteiger partial charge in [0.2, 0.25) is 5.52 Å². The summed E-state index contributed by atoms with van der Waals surface area (Å²) in [5, 5.41) is 0.494. The van der Waals surface area contributed by atoms with Crippen LogP contribution in [0.25, 0.3) is 0 Å². The van der Waals surface area contributed by atoms with Gasteiger partial charge in [-0.15, -0.1) is 0 Å². The minimum Gasteiger partial charge on any atom is -0.466 e. The minimum absolute atomic E-state index is 0.0140. The molecule has 0 fully saturated rings. The van der Waals surface area contributed by atoms with Gasteiger partial charge in [0, 0.05) is 17.0 Å². The largest absolute Gasteiger partial charge is 0.466 e. The first kappa shape index (κ1) is 27.1. The maximum atomic E-state index is 14.1. The van der Waals surface area contributed by atoms with Gasteiger partial charge in [-0.25, -0.2) is 0 Å². The third kappa shape index (κ3) is 8.27. The van der Waals surface area contributed by atoms with E-state index in [1.54, 1.807) is 24.3 Å². The Labute approximate surface area is 199 Å². The number of aryl methyl sites for hydroxylation is 2. The third-order valence-corrected chi connectivity index (χ3v) is 8.95. The Hall–Kier alpha value is -2.19. The lowest BCUT2D eigenvalue weighted by Gasteiger charge is -2.19. The van der Waals surface area contributed by atoms with Crippen molar-refractivity contribution in [2.24, 2.45) is 0 Å². The van der Waals surface area contributed by atoms with Gasteiger partial charge in [0.1, 0.15) is 0 Å². The molecule has 0 aliphatic rings. The fraction of sp³-hybridized carbons (Fsp3) is 0.500. The van der Waals surface area contributed by atoms with Crippen molar-refractivity contribution in [3.8, 4) is 0 Å². The zero-order valence-corrected chi connectivity index (χ0v) is 21.4. The van der Waals surface area contributed by atoms with Crippen molar-refractivity contribution in [3.05, 3.63) is 65.2 Å². The average molecular weight is 471 g/mol. The number of esters is 1. The average Bonchev–Trinajstić information content (AvgIpc) is 2.81. The van der Waals surface area contributed by atoms with Gasteiger partial charge in [-0.3, -0.25) is 9.59 Å². The van der Waals surface area contributed by atoms with E-state index in [0.29, 0.717) is 17.5 Å². The van der Waals surface area contributed by atoms with Crippen LogP contribution in [0.2, 0.25) is 0 Å². The van der Waals surface area contributed by atoms with Gasteiger partial charge < -0.3 is 9.30 Å². The van der Waals surface area contributed by atoms with Crippen molar-refractivity contribution in [2.75, 3.05) is 12.8 Å². The molecule has 0 radical (unpaired) electrons. The second-order valence-corrected chi connectivity index (χ2v) is 11.7. The molecule has 33 heavy (non-hydrogen) atoms. The molecule has 0 saturated carbocycles. The number of carbonyl (C=O) groups excluding carboxylic acids is 2. The minimum atomic E-state index is -3.50. The summed E-state index contributed by atoms with van der Waals surface area (Å²) < 4.78 is 19.5. The van der Waals surface area contributed by atoms with E-state index in [1.807, 2.05) is 38.1 Å². The number of rotatable bonds is 15. The van der Waals surface area contributed by atoms with Crippen LogP contribution in [0.15, 0.2) is 48.5 Å². The van der Waals surface area contributed by atoms with Crippen LogP contribution in [0.4, 0.5) is 0 Å². The fourth-order valence-corrected chi connectivity index (χ4v) is 6.65. The van der Waals surface area contributed by atoms with E-state index in [-0.39, 0.29) is 24.1 Å². The normalized spacial score (nSPS) is 12.8. The Morgan fingerprint density at radius 3 is 1.97 bits per heavy atom. The first-order chi connectivity index (χ1) is 15.9. The van der Waals surface area contributed by atoms with Crippen LogP contribution in [0.5, 0.6) is 0 Å². The van der Waals surface area contributed by atoms with Crippen molar-refractivity contribution >= 4 is 23.9 Å². The van der Waals surface area contributed by atoms with Gasteiger partial charge in [-0.1, -0.05) is 100 Å². The smallest absolute Gasteiger partial charge is 0.306 e. The molecule has 0 aromatic heterocycles. The predicted octanol–water partition coefficient (Wildman–Crippen LogP) is 7.21. The van der Waals surface area contributed by atoms with Crippen LogP contribution < -0.4 is 5.30 Å². The molecule has 0 amide bonds. The summed E-state index contributed by atoms with van der Waals surface area (Å²) in [5.41, 5.74) is 1.72. The van der Waals surface area contributed by atoms with E-state index < -0.39 is 7.14 Å². The highest BCUT2D eigenvalue weighted by Gasteiger charge is 2.36. The molecule has 2 aromatic rings. The summed E-state index contributed by atoms with van der Waals surface area (Å²) in [4.78, 5) is 25.9. The Kier molecular flexibility index (Phi) is 11.6. The van der Waals surface area contributed by atoms with E-state index in [4.69, 9.17) is 4.74 Å². The second-order valence-electron chi connectivity index (χ2n) is 8.82. The molecule has 0 bridgehead atoms. The second kappa shape index (κ2) is 14.2. The first-order valence-corrected chi connectivity index (χ1v) is 14.2. The van der Waals surface area contributed by atoms with Crippen LogP contribution in [-0.2, 0) is 14.1 Å². The fourth-order valence-electron chi connectivity index (χ4n) is 4.09. The first-order valence-electron chi connectivity index (χ1n) is 12.3. The van der Waals surface area contributed by atoms with Crippen molar-refractivity contribution in [1.29, 1.82) is 0 Å². The van der Waals surface area contributed by atoms with Crippen LogP contribution in [-0.4, -0.2) is 24.3 Å². The predicted molar refractivity (Wildman–Crippen MR) is 137 cm³/mol. The van der Waals surface area contributed by atoms with Gasteiger partial charge in [0.05, 0.1) is 13.0 Å². The Morgan fingerprint density at radius 1 is 0.788 bits per heavy atom. The molecule has 0 aliphatic heterocycles. The van der Waals surface area contributed by atoms with Crippen molar-refractivity contribution in [3.63, 3.8) is 0 Å². The highest BCUT2D eigenvalue weighted by molar-refractivity contribution is 7.87. The summed E-state index contributed by atoms with van der Waals surface area (Å²) >= 11 is 0. The van der Waals surface area contributed by atoms with Crippen LogP contribution >= 0.6 is 7.14 Å². The molecule has 1 unspecified atom stereocenters. The molecule has 0 saturated heterocycles. The molecule has 1 atom stereocenters. The van der Waals surface area contributed by atoms with E-state index >= 15 is 0 Å². The molecule has 4 nitrogen and oxygen atoms in total. The molecule has 5 heteroatoms. The Balaban J connectivity index is 1.94. The Morgan fingerprint density at radius 2 is 1.36 bits per heavy atom. The number of unbranched alkanes of at least 4 members (excludes halogenated alkanes) is 7. The lowest BCUT2D eigenvalue weighted by molar-refractivity contribution is -0.143. The summed E-state index contributed by atoms with van der Waals surface area (Å²) in [6, 6.07) is 14.4. The topological polar surface area (TPSA) is 60.4 Å². The monoisotopic (exact) mass is 470 g/mol. The summed E-state index contributed by atoms with van der Waals surface area (Å²) in [7, 11) is -3.50. The van der Waals surface area contributed by atoms with Gasteiger partial charge >= 0.3 is 5.97 Å². The summed E-state index contributed by atoms with van der Waals surface area (Å²) in [6.45, 7) is 6.31. The number of benzene rings is 2. The van der Waals surface area contributed by atoms with Gasteiger partial charge in [-0.2, -0.15) is 0 Å². The number of carbonyl (C=O) groups is 2. The standard InChI is InChI=1S/C28H39O4P/c1-4-5-6-7-8-9-10-14-21-32-26(29)20-22-33(31,25-18-12-11-13-19-25)28(30)27-23(2)16-15-17-24(27)3/h11-13,15-19H,4-10,14,20-22H2,1-3H3. The van der Waals surface area contributed by atoms with Crippen molar-refractivity contribution in [1.82, 2.24) is 0 Å². The maximum absolute atomic E-state index is 14.1. The highest BCUT2D eigenvalue weighted by atomic mass is 31.2. The molecule has 0 N–H and O–H groups in total. The van der Waals surface area contributed by atoms with Crippen LogP contribution in [0.3, 0.4) is 0 Å². The molecule has 2 rings (SSSR count). The number of ether oxygens (including phenoxy) is 1. The summed E-state index contributed by atoms with van der Waals surface area (Å²) in [5.74, 6) is -0.386. The molecule has 0 heterocycles. The van der Waals surface area contributed by atoms with Gasteiger partial charge in [-0.05, 0) is 31.4 Å². The van der Waals surface area contributed by atoms with Gasteiger partial charge in [0.15, 0.2) is 7.14 Å².